The summed E-state index contributed by atoms with van der Waals surface area (Å²) in [4.78, 5) is 17.8. The van der Waals surface area contributed by atoms with E-state index in [4.69, 9.17) is 11.6 Å². The van der Waals surface area contributed by atoms with Crippen LogP contribution in [0, 0.1) is 0 Å². The predicted octanol–water partition coefficient (Wildman–Crippen LogP) is 5.90. The number of fused-ring (bicyclic) bond motifs is 1. The lowest BCUT2D eigenvalue weighted by Gasteiger charge is -2.35. The standard InChI is InChI=1S/C28H31ClN4O2S/c1-20(2)21-6-8-24(9-7-21)30-28(34)33-13-12-22-18-26(10-11-27(22)33)36(35)32-16-14-31(15-17-32)25-5-3-4-23(29)19-25/h3-11,18-20H,12-17H2,1-2H3,(H,30,34). The number of halogens is 1. The second-order valence-electron chi connectivity index (χ2n) is 9.54. The molecule has 0 aromatic heterocycles. The molecule has 1 N–H and O–H groups in total. The molecule has 3 aromatic rings. The van der Waals surface area contributed by atoms with Gasteiger partial charge in [0.2, 0.25) is 0 Å². The van der Waals surface area contributed by atoms with Gasteiger partial charge in [0.05, 0.1) is 4.90 Å². The van der Waals surface area contributed by atoms with E-state index in [1.54, 1.807) is 4.90 Å². The number of anilines is 3. The second-order valence-corrected chi connectivity index (χ2v) is 11.5. The van der Waals surface area contributed by atoms with Gasteiger partial charge >= 0.3 is 6.03 Å². The minimum absolute atomic E-state index is 0.142. The highest BCUT2D eigenvalue weighted by Gasteiger charge is 2.27. The smallest absolute Gasteiger partial charge is 0.326 e. The normalized spacial score (nSPS) is 16.8. The molecular formula is C28H31ClN4O2S. The first-order chi connectivity index (χ1) is 17.4. The monoisotopic (exact) mass is 522 g/mol. The molecule has 0 bridgehead atoms. The highest BCUT2D eigenvalue weighted by molar-refractivity contribution is 7.82. The van der Waals surface area contributed by atoms with Crippen LogP contribution in [0.5, 0.6) is 0 Å². The molecule has 1 fully saturated rings. The van der Waals surface area contributed by atoms with Crippen molar-refractivity contribution in [1.82, 2.24) is 4.31 Å². The quantitative estimate of drug-likeness (QED) is 0.453. The van der Waals surface area contributed by atoms with Gasteiger partial charge in [0, 0.05) is 54.8 Å². The summed E-state index contributed by atoms with van der Waals surface area (Å²) in [5.74, 6) is 0.451. The minimum Gasteiger partial charge on any atom is -0.369 e. The van der Waals surface area contributed by atoms with Crippen molar-refractivity contribution in [3.8, 4) is 0 Å². The van der Waals surface area contributed by atoms with E-state index in [2.05, 4.69) is 42.3 Å². The fraction of sp³-hybridized carbons (Fsp3) is 0.321. The molecule has 1 atom stereocenters. The Hall–Kier alpha value is -2.87. The van der Waals surface area contributed by atoms with Crippen molar-refractivity contribution < 1.29 is 9.00 Å². The first-order valence-corrected chi connectivity index (χ1v) is 13.9. The maximum Gasteiger partial charge on any atom is 0.326 e. The Balaban J connectivity index is 1.21. The third-order valence-electron chi connectivity index (χ3n) is 6.87. The first-order valence-electron chi connectivity index (χ1n) is 12.4. The molecule has 2 heterocycles. The summed E-state index contributed by atoms with van der Waals surface area (Å²) >= 11 is 6.14. The van der Waals surface area contributed by atoms with Crippen molar-refractivity contribution in [2.24, 2.45) is 0 Å². The Bertz CT molecular complexity index is 1270. The average Bonchev–Trinajstić information content (AvgIpc) is 3.32. The van der Waals surface area contributed by atoms with E-state index in [1.807, 2.05) is 52.8 Å². The van der Waals surface area contributed by atoms with Gasteiger partial charge in [0.15, 0.2) is 0 Å². The molecule has 8 heteroatoms. The molecule has 36 heavy (non-hydrogen) atoms. The summed E-state index contributed by atoms with van der Waals surface area (Å²) in [5.41, 5.74) is 5.07. The highest BCUT2D eigenvalue weighted by atomic mass is 35.5. The summed E-state index contributed by atoms with van der Waals surface area (Å²) in [6, 6.07) is 21.5. The van der Waals surface area contributed by atoms with Crippen LogP contribution in [0.4, 0.5) is 21.9 Å². The molecule has 0 radical (unpaired) electrons. The molecule has 0 aliphatic carbocycles. The fourth-order valence-electron chi connectivity index (χ4n) is 4.77. The molecule has 188 valence electrons. The van der Waals surface area contributed by atoms with E-state index >= 15 is 0 Å². The number of hydrogen-bond acceptors (Lipinski definition) is 3. The van der Waals surface area contributed by atoms with Crippen LogP contribution in [0.3, 0.4) is 0 Å². The maximum atomic E-state index is 13.3. The molecule has 1 unspecified atom stereocenters. The molecule has 2 amide bonds. The number of nitrogens with one attached hydrogen (secondary N) is 1. The van der Waals surface area contributed by atoms with Crippen LogP contribution < -0.4 is 15.1 Å². The van der Waals surface area contributed by atoms with Gasteiger partial charge in [0.25, 0.3) is 0 Å². The Labute approximate surface area is 220 Å². The largest absolute Gasteiger partial charge is 0.369 e. The van der Waals surface area contributed by atoms with Crippen molar-refractivity contribution in [3.05, 3.63) is 82.9 Å². The summed E-state index contributed by atoms with van der Waals surface area (Å²) < 4.78 is 15.4. The first kappa shape index (κ1) is 24.8. The summed E-state index contributed by atoms with van der Waals surface area (Å²) in [5, 5.41) is 3.73. The number of benzene rings is 3. The van der Waals surface area contributed by atoms with Crippen LogP contribution in [0.15, 0.2) is 71.6 Å². The van der Waals surface area contributed by atoms with Crippen LogP contribution in [0.1, 0.15) is 30.9 Å². The minimum atomic E-state index is -1.24. The number of nitrogens with zero attached hydrogens (tertiary/aromatic N) is 3. The van der Waals surface area contributed by atoms with Crippen molar-refractivity contribution in [1.29, 1.82) is 0 Å². The van der Waals surface area contributed by atoms with E-state index in [1.165, 1.54) is 5.56 Å². The van der Waals surface area contributed by atoms with Crippen LogP contribution in [0.25, 0.3) is 0 Å². The van der Waals surface area contributed by atoms with Gasteiger partial charge in [-0.2, -0.15) is 0 Å². The van der Waals surface area contributed by atoms with Crippen molar-refractivity contribution in [2.75, 3.05) is 47.8 Å². The molecular weight excluding hydrogens is 492 g/mol. The third kappa shape index (κ3) is 5.28. The van der Waals surface area contributed by atoms with Crippen molar-refractivity contribution >= 4 is 45.7 Å². The lowest BCUT2D eigenvalue weighted by Crippen LogP contribution is -2.46. The molecule has 0 saturated carbocycles. The molecule has 2 aliphatic heterocycles. The third-order valence-corrected chi connectivity index (χ3v) is 8.59. The average molecular weight is 523 g/mol. The Morgan fingerprint density at radius 2 is 1.69 bits per heavy atom. The van der Waals surface area contributed by atoms with Crippen molar-refractivity contribution in [2.45, 2.75) is 31.1 Å². The second kappa shape index (κ2) is 10.6. The highest BCUT2D eigenvalue weighted by Crippen LogP contribution is 2.31. The van der Waals surface area contributed by atoms with Gasteiger partial charge in [-0.25, -0.2) is 13.3 Å². The fourth-order valence-corrected chi connectivity index (χ4v) is 6.18. The number of urea groups is 1. The Kier molecular flexibility index (Phi) is 7.32. The zero-order valence-corrected chi connectivity index (χ0v) is 22.2. The molecule has 1 saturated heterocycles. The van der Waals surface area contributed by atoms with Crippen LogP contribution in [-0.2, 0) is 17.4 Å². The van der Waals surface area contributed by atoms with Gasteiger partial charge in [0.1, 0.15) is 11.0 Å². The van der Waals surface area contributed by atoms with E-state index < -0.39 is 11.0 Å². The molecule has 0 spiro atoms. The lowest BCUT2D eigenvalue weighted by molar-refractivity contribution is 0.257. The number of carbonyl (C=O) groups is 1. The van der Waals surface area contributed by atoms with E-state index in [0.29, 0.717) is 25.6 Å². The number of rotatable bonds is 5. The van der Waals surface area contributed by atoms with E-state index in [0.717, 1.165) is 52.1 Å². The van der Waals surface area contributed by atoms with Gasteiger partial charge < -0.3 is 10.2 Å². The SMILES string of the molecule is CC(C)c1ccc(NC(=O)N2CCc3cc(S(=O)N4CCN(c5cccc(Cl)c5)CC4)ccc32)cc1. The van der Waals surface area contributed by atoms with Crippen LogP contribution in [-0.4, -0.2) is 47.3 Å². The van der Waals surface area contributed by atoms with Crippen LogP contribution >= 0.6 is 11.6 Å². The van der Waals surface area contributed by atoms with E-state index in [-0.39, 0.29) is 6.03 Å². The zero-order valence-electron chi connectivity index (χ0n) is 20.6. The topological polar surface area (TPSA) is 55.9 Å². The van der Waals surface area contributed by atoms with Crippen LogP contribution in [0.2, 0.25) is 5.02 Å². The number of hydrogen-bond donors (Lipinski definition) is 1. The van der Waals surface area contributed by atoms with Gasteiger partial charge in [-0.15, -0.1) is 0 Å². The maximum absolute atomic E-state index is 13.3. The van der Waals surface area contributed by atoms with Gasteiger partial charge in [-0.3, -0.25) is 4.90 Å². The van der Waals surface area contributed by atoms with Gasteiger partial charge in [-0.05, 0) is 72.0 Å². The van der Waals surface area contributed by atoms with E-state index in [9.17, 15) is 9.00 Å². The summed E-state index contributed by atoms with van der Waals surface area (Å²) in [7, 11) is -1.24. The Morgan fingerprint density at radius 3 is 2.39 bits per heavy atom. The molecule has 5 rings (SSSR count). The predicted molar refractivity (Wildman–Crippen MR) is 149 cm³/mol. The summed E-state index contributed by atoms with van der Waals surface area (Å²) in [6.07, 6.45) is 0.753. The number of carbonyl (C=O) groups excluding carboxylic acids is 1. The zero-order chi connectivity index (χ0) is 25.2. The van der Waals surface area contributed by atoms with Gasteiger partial charge in [-0.1, -0.05) is 43.6 Å². The Morgan fingerprint density at radius 1 is 0.944 bits per heavy atom. The summed E-state index contributed by atoms with van der Waals surface area (Å²) in [6.45, 7) is 7.92. The number of amides is 2. The molecule has 6 nitrogen and oxygen atoms in total. The molecule has 2 aliphatic rings. The number of piperazine rings is 1. The molecule has 3 aromatic carbocycles. The van der Waals surface area contributed by atoms with Crippen molar-refractivity contribution in [3.63, 3.8) is 0 Å². The lowest BCUT2D eigenvalue weighted by atomic mass is 10.0.